The summed E-state index contributed by atoms with van der Waals surface area (Å²) in [6, 6.07) is 2.12. The summed E-state index contributed by atoms with van der Waals surface area (Å²) in [5.74, 6) is 0.472. The second-order valence-electron chi connectivity index (χ2n) is 4.82. The summed E-state index contributed by atoms with van der Waals surface area (Å²) in [6.07, 6.45) is 6.09. The fraction of sp³-hybridized carbons (Fsp3) is 0.615. The molecule has 1 aromatic heterocycles. The maximum atomic E-state index is 5.63. The highest BCUT2D eigenvalue weighted by atomic mass is 79.9. The molecule has 0 radical (unpaired) electrons. The number of aromatic nitrogens is 1. The molecule has 2 aliphatic rings. The maximum absolute atomic E-state index is 5.63. The Bertz CT molecular complexity index is 410. The van der Waals surface area contributed by atoms with E-state index < -0.39 is 0 Å². The third-order valence-electron chi connectivity index (χ3n) is 3.55. The summed E-state index contributed by atoms with van der Waals surface area (Å²) >= 11 is 3.47. The molecular weight excluding hydrogens is 296 g/mol. The monoisotopic (exact) mass is 312 g/mol. The van der Waals surface area contributed by atoms with Crippen LogP contribution in [0, 0.1) is 5.92 Å². The SMILES string of the molecule is Brc1cncc(N2CCCC(C3OCCO3)C2)c1. The maximum Gasteiger partial charge on any atom is 0.162 e. The summed E-state index contributed by atoms with van der Waals surface area (Å²) < 4.78 is 12.3. The van der Waals surface area contributed by atoms with Crippen LogP contribution in [0.4, 0.5) is 5.69 Å². The molecule has 3 rings (SSSR count). The van der Waals surface area contributed by atoms with E-state index in [-0.39, 0.29) is 6.29 Å². The third-order valence-corrected chi connectivity index (χ3v) is 3.98. The lowest BCUT2D eigenvalue weighted by molar-refractivity contribution is -0.0858. The molecule has 2 aliphatic heterocycles. The highest BCUT2D eigenvalue weighted by Gasteiger charge is 2.31. The van der Waals surface area contributed by atoms with Crippen LogP contribution in [0.2, 0.25) is 0 Å². The zero-order valence-corrected chi connectivity index (χ0v) is 11.8. The summed E-state index contributed by atoms with van der Waals surface area (Å²) in [5, 5.41) is 0. The van der Waals surface area contributed by atoms with E-state index in [0.717, 1.165) is 30.8 Å². The lowest BCUT2D eigenvalue weighted by Gasteiger charge is -2.36. The van der Waals surface area contributed by atoms with E-state index in [2.05, 4.69) is 31.9 Å². The Morgan fingerprint density at radius 1 is 1.28 bits per heavy atom. The largest absolute Gasteiger partial charge is 0.370 e. The van der Waals surface area contributed by atoms with Crippen LogP contribution in [0.1, 0.15) is 12.8 Å². The number of rotatable bonds is 2. The van der Waals surface area contributed by atoms with Crippen LogP contribution in [0.3, 0.4) is 0 Å². The van der Waals surface area contributed by atoms with Crippen molar-refractivity contribution in [3.8, 4) is 0 Å². The smallest absolute Gasteiger partial charge is 0.162 e. The number of piperidine rings is 1. The number of hydrogen-bond acceptors (Lipinski definition) is 4. The van der Waals surface area contributed by atoms with Crippen molar-refractivity contribution in [3.63, 3.8) is 0 Å². The Morgan fingerprint density at radius 3 is 2.89 bits per heavy atom. The normalized spacial score (nSPS) is 25.6. The molecule has 1 aromatic rings. The van der Waals surface area contributed by atoms with Gasteiger partial charge in [0.25, 0.3) is 0 Å². The standard InChI is InChI=1S/C13H17BrN2O2/c14-11-6-12(8-15-7-11)16-3-1-2-10(9-16)13-17-4-5-18-13/h6-8,10,13H,1-5,9H2. The molecule has 0 aliphatic carbocycles. The fourth-order valence-electron chi connectivity index (χ4n) is 2.69. The van der Waals surface area contributed by atoms with Crippen LogP contribution in [0.25, 0.3) is 0 Å². The molecule has 0 bridgehead atoms. The summed E-state index contributed by atoms with van der Waals surface area (Å²) in [6.45, 7) is 3.55. The average Bonchev–Trinajstić information content (AvgIpc) is 2.93. The molecule has 1 unspecified atom stereocenters. The quantitative estimate of drug-likeness (QED) is 0.840. The van der Waals surface area contributed by atoms with E-state index in [1.54, 1.807) is 0 Å². The van der Waals surface area contributed by atoms with Gasteiger partial charge < -0.3 is 14.4 Å². The lowest BCUT2D eigenvalue weighted by Crippen LogP contribution is -2.40. The Morgan fingerprint density at radius 2 is 2.11 bits per heavy atom. The molecule has 0 amide bonds. The Balaban J connectivity index is 1.69. The molecule has 0 N–H and O–H groups in total. The highest BCUT2D eigenvalue weighted by Crippen LogP contribution is 2.28. The molecular formula is C13H17BrN2O2. The number of ether oxygens (including phenoxy) is 2. The van der Waals surface area contributed by atoms with Gasteiger partial charge in [0.15, 0.2) is 6.29 Å². The van der Waals surface area contributed by atoms with E-state index in [1.807, 2.05) is 12.4 Å². The Labute approximate surface area is 115 Å². The van der Waals surface area contributed by atoms with Gasteiger partial charge in [-0.15, -0.1) is 0 Å². The van der Waals surface area contributed by atoms with E-state index in [4.69, 9.17) is 9.47 Å². The van der Waals surface area contributed by atoms with Gasteiger partial charge in [-0.1, -0.05) is 0 Å². The molecule has 5 heteroatoms. The van der Waals surface area contributed by atoms with Crippen molar-refractivity contribution in [1.29, 1.82) is 0 Å². The second-order valence-corrected chi connectivity index (χ2v) is 5.74. The molecule has 2 saturated heterocycles. The van der Waals surface area contributed by atoms with Gasteiger partial charge in [0.2, 0.25) is 0 Å². The van der Waals surface area contributed by atoms with Gasteiger partial charge in [0.05, 0.1) is 25.1 Å². The van der Waals surface area contributed by atoms with Gasteiger partial charge >= 0.3 is 0 Å². The molecule has 3 heterocycles. The number of pyridine rings is 1. The summed E-state index contributed by atoms with van der Waals surface area (Å²) in [4.78, 5) is 6.60. The third kappa shape index (κ3) is 2.68. The minimum atomic E-state index is -0.00656. The van der Waals surface area contributed by atoms with Crippen molar-refractivity contribution >= 4 is 21.6 Å². The van der Waals surface area contributed by atoms with Gasteiger partial charge in [0.1, 0.15) is 0 Å². The molecule has 0 aromatic carbocycles. The van der Waals surface area contributed by atoms with Crippen molar-refractivity contribution in [1.82, 2.24) is 4.98 Å². The minimum Gasteiger partial charge on any atom is -0.370 e. The summed E-state index contributed by atoms with van der Waals surface area (Å²) in [5.41, 5.74) is 1.17. The molecule has 0 spiro atoms. The molecule has 2 fully saturated rings. The zero-order valence-electron chi connectivity index (χ0n) is 10.2. The topological polar surface area (TPSA) is 34.6 Å². The molecule has 1 atom stereocenters. The van der Waals surface area contributed by atoms with Gasteiger partial charge in [-0.3, -0.25) is 4.98 Å². The van der Waals surface area contributed by atoms with Crippen LogP contribution in [0.5, 0.6) is 0 Å². The van der Waals surface area contributed by atoms with E-state index in [1.165, 1.54) is 18.5 Å². The second kappa shape index (κ2) is 5.55. The van der Waals surface area contributed by atoms with Gasteiger partial charge in [-0.05, 0) is 34.8 Å². The lowest BCUT2D eigenvalue weighted by atomic mass is 9.97. The molecule has 0 saturated carbocycles. The van der Waals surface area contributed by atoms with Crippen molar-refractivity contribution in [2.45, 2.75) is 19.1 Å². The minimum absolute atomic E-state index is 0.00656. The first-order valence-electron chi connectivity index (χ1n) is 6.41. The number of anilines is 1. The number of halogens is 1. The van der Waals surface area contributed by atoms with Gasteiger partial charge in [-0.25, -0.2) is 0 Å². The molecule has 18 heavy (non-hydrogen) atoms. The van der Waals surface area contributed by atoms with Crippen LogP contribution in [0.15, 0.2) is 22.9 Å². The van der Waals surface area contributed by atoms with E-state index in [9.17, 15) is 0 Å². The van der Waals surface area contributed by atoms with Crippen molar-refractivity contribution in [3.05, 3.63) is 22.9 Å². The Kier molecular flexibility index (Phi) is 3.82. The first-order valence-corrected chi connectivity index (χ1v) is 7.21. The average molecular weight is 313 g/mol. The van der Waals surface area contributed by atoms with Crippen LogP contribution in [-0.4, -0.2) is 37.6 Å². The molecule has 98 valence electrons. The number of nitrogens with zero attached hydrogens (tertiary/aromatic N) is 2. The van der Waals surface area contributed by atoms with E-state index in [0.29, 0.717) is 5.92 Å². The predicted molar refractivity (Wildman–Crippen MR) is 72.6 cm³/mol. The predicted octanol–water partition coefficient (Wildman–Crippen LogP) is 2.43. The van der Waals surface area contributed by atoms with Crippen LogP contribution < -0.4 is 4.90 Å². The fourth-order valence-corrected chi connectivity index (χ4v) is 3.04. The van der Waals surface area contributed by atoms with Gasteiger partial charge in [-0.2, -0.15) is 0 Å². The van der Waals surface area contributed by atoms with E-state index >= 15 is 0 Å². The van der Waals surface area contributed by atoms with Crippen molar-refractivity contribution < 1.29 is 9.47 Å². The van der Waals surface area contributed by atoms with Crippen LogP contribution in [-0.2, 0) is 9.47 Å². The number of hydrogen-bond donors (Lipinski definition) is 0. The zero-order chi connectivity index (χ0) is 12.4. The first-order chi connectivity index (χ1) is 8.83. The Hall–Kier alpha value is -0.650. The highest BCUT2D eigenvalue weighted by molar-refractivity contribution is 9.10. The van der Waals surface area contributed by atoms with Gasteiger partial charge in [0, 0.05) is 29.7 Å². The molecule has 4 nitrogen and oxygen atoms in total. The van der Waals surface area contributed by atoms with Crippen molar-refractivity contribution in [2.75, 3.05) is 31.2 Å². The van der Waals surface area contributed by atoms with Crippen molar-refractivity contribution in [2.24, 2.45) is 5.92 Å². The van der Waals surface area contributed by atoms with Crippen LogP contribution >= 0.6 is 15.9 Å². The first kappa shape index (κ1) is 12.4. The summed E-state index contributed by atoms with van der Waals surface area (Å²) in [7, 11) is 0.